The molecule has 0 spiro atoms. The lowest BCUT2D eigenvalue weighted by Gasteiger charge is -2.17. The van der Waals surface area contributed by atoms with Gasteiger partial charge in [-0.05, 0) is 43.7 Å². The predicted octanol–water partition coefficient (Wildman–Crippen LogP) is 4.40. The molecule has 0 saturated heterocycles. The summed E-state index contributed by atoms with van der Waals surface area (Å²) in [4.78, 5) is 26.5. The Morgan fingerprint density at radius 3 is 2.50 bits per heavy atom. The Bertz CT molecular complexity index is 1610. The number of fused-ring (bicyclic) bond motifs is 3. The number of carbonyl (C=O) groups is 1. The minimum absolute atomic E-state index is 0.112. The predicted molar refractivity (Wildman–Crippen MR) is 141 cm³/mol. The van der Waals surface area contributed by atoms with E-state index in [2.05, 4.69) is 15.5 Å². The number of methoxy groups -OCH3 is 1. The van der Waals surface area contributed by atoms with Crippen LogP contribution in [0.4, 0.5) is 0 Å². The highest BCUT2D eigenvalue weighted by Gasteiger charge is 2.23. The van der Waals surface area contributed by atoms with Gasteiger partial charge in [-0.1, -0.05) is 60.3 Å². The Morgan fingerprint density at radius 2 is 1.72 bits per heavy atom. The van der Waals surface area contributed by atoms with Gasteiger partial charge in [0.1, 0.15) is 5.75 Å². The standard InChI is InChI=1S/C27H25N5O3S/c1-17(19-10-5-4-6-11-19)28-24(33)18(2)36-27-30-29-26-31(20-12-9-13-21(16-20)35-3)25(34)22-14-7-8-15-23(22)32(26)27/h4-18H,1-3H3,(H,28,33). The summed E-state index contributed by atoms with van der Waals surface area (Å²) in [6, 6.07) is 24.2. The maximum atomic E-state index is 13.5. The van der Waals surface area contributed by atoms with Crippen molar-refractivity contribution in [3.63, 3.8) is 0 Å². The van der Waals surface area contributed by atoms with Gasteiger partial charge in [0.25, 0.3) is 5.56 Å². The zero-order valence-corrected chi connectivity index (χ0v) is 20.9. The molecule has 0 bridgehead atoms. The number of carbonyl (C=O) groups excluding carboxylic acids is 1. The zero-order chi connectivity index (χ0) is 25.2. The fraction of sp³-hybridized carbons (Fsp3) is 0.185. The molecule has 182 valence electrons. The number of hydrogen-bond donors (Lipinski definition) is 1. The molecule has 0 radical (unpaired) electrons. The van der Waals surface area contributed by atoms with Crippen LogP contribution in [-0.2, 0) is 4.79 Å². The van der Waals surface area contributed by atoms with Gasteiger partial charge in [-0.25, -0.2) is 4.57 Å². The topological polar surface area (TPSA) is 90.5 Å². The monoisotopic (exact) mass is 499 g/mol. The van der Waals surface area contributed by atoms with Crippen LogP contribution < -0.4 is 15.6 Å². The van der Waals surface area contributed by atoms with Crippen LogP contribution in [0.1, 0.15) is 25.5 Å². The summed E-state index contributed by atoms with van der Waals surface area (Å²) in [6.45, 7) is 3.79. The lowest BCUT2D eigenvalue weighted by Crippen LogP contribution is -2.33. The van der Waals surface area contributed by atoms with E-state index in [1.807, 2.05) is 85.0 Å². The SMILES string of the molecule is COc1cccc(-n2c(=O)c3ccccc3n3c(SC(C)C(=O)NC(C)c4ccccc4)nnc23)c1. The molecule has 2 aromatic heterocycles. The van der Waals surface area contributed by atoms with E-state index in [4.69, 9.17) is 4.74 Å². The second-order valence-corrected chi connectivity index (χ2v) is 9.69. The van der Waals surface area contributed by atoms with Crippen LogP contribution >= 0.6 is 11.8 Å². The van der Waals surface area contributed by atoms with Gasteiger partial charge in [0.05, 0.1) is 35.0 Å². The number of rotatable bonds is 7. The van der Waals surface area contributed by atoms with Crippen molar-refractivity contribution in [1.29, 1.82) is 0 Å². The molecule has 0 aliphatic carbocycles. The maximum Gasteiger partial charge on any atom is 0.267 e. The minimum Gasteiger partial charge on any atom is -0.497 e. The number of aromatic nitrogens is 4. The number of benzene rings is 3. The van der Waals surface area contributed by atoms with Crippen LogP contribution in [0.2, 0.25) is 0 Å². The molecule has 0 saturated carbocycles. The van der Waals surface area contributed by atoms with Gasteiger partial charge in [-0.2, -0.15) is 0 Å². The Hall–Kier alpha value is -4.11. The maximum absolute atomic E-state index is 13.5. The molecule has 2 heterocycles. The number of amides is 1. The molecule has 9 heteroatoms. The first-order valence-electron chi connectivity index (χ1n) is 11.5. The molecular weight excluding hydrogens is 474 g/mol. The lowest BCUT2D eigenvalue weighted by molar-refractivity contribution is -0.120. The Labute approximate surface area is 211 Å². The number of thioether (sulfide) groups is 1. The average molecular weight is 500 g/mol. The first-order valence-corrected chi connectivity index (χ1v) is 12.4. The highest BCUT2D eigenvalue weighted by atomic mass is 32.2. The molecule has 0 fully saturated rings. The first-order chi connectivity index (χ1) is 17.5. The fourth-order valence-corrected chi connectivity index (χ4v) is 4.97. The van der Waals surface area contributed by atoms with Gasteiger partial charge in [0, 0.05) is 6.07 Å². The van der Waals surface area contributed by atoms with E-state index in [1.54, 1.807) is 19.2 Å². The van der Waals surface area contributed by atoms with Gasteiger partial charge in [0.2, 0.25) is 11.7 Å². The summed E-state index contributed by atoms with van der Waals surface area (Å²) < 4.78 is 8.70. The van der Waals surface area contributed by atoms with Crippen molar-refractivity contribution in [1.82, 2.24) is 24.5 Å². The third kappa shape index (κ3) is 4.33. The number of hydrogen-bond acceptors (Lipinski definition) is 6. The van der Waals surface area contributed by atoms with Crippen molar-refractivity contribution in [3.8, 4) is 11.4 Å². The fourth-order valence-electron chi connectivity index (χ4n) is 4.10. The summed E-state index contributed by atoms with van der Waals surface area (Å²) in [6.07, 6.45) is 0. The largest absolute Gasteiger partial charge is 0.497 e. The highest BCUT2D eigenvalue weighted by Crippen LogP contribution is 2.27. The van der Waals surface area contributed by atoms with Gasteiger partial charge < -0.3 is 10.1 Å². The Morgan fingerprint density at radius 1 is 0.972 bits per heavy atom. The Kier molecular flexibility index (Phi) is 6.47. The van der Waals surface area contributed by atoms with Gasteiger partial charge in [0.15, 0.2) is 5.16 Å². The molecule has 8 nitrogen and oxygen atoms in total. The zero-order valence-electron chi connectivity index (χ0n) is 20.1. The van der Waals surface area contributed by atoms with Gasteiger partial charge in [-0.15, -0.1) is 10.2 Å². The summed E-state index contributed by atoms with van der Waals surface area (Å²) >= 11 is 1.29. The number of nitrogens with zero attached hydrogens (tertiary/aromatic N) is 4. The van der Waals surface area contributed by atoms with Crippen LogP contribution in [0, 0.1) is 0 Å². The van der Waals surface area contributed by atoms with Gasteiger partial charge >= 0.3 is 0 Å². The van der Waals surface area contributed by atoms with E-state index in [1.165, 1.54) is 16.3 Å². The van der Waals surface area contributed by atoms with E-state index in [9.17, 15) is 9.59 Å². The highest BCUT2D eigenvalue weighted by molar-refractivity contribution is 8.00. The molecule has 5 rings (SSSR count). The number of ether oxygens (including phenoxy) is 1. The van der Waals surface area contributed by atoms with Crippen molar-refractivity contribution >= 4 is 34.3 Å². The third-order valence-electron chi connectivity index (χ3n) is 6.02. The van der Waals surface area contributed by atoms with E-state index >= 15 is 0 Å². The Balaban J connectivity index is 1.55. The van der Waals surface area contributed by atoms with Crippen LogP contribution in [0.15, 0.2) is 88.8 Å². The summed E-state index contributed by atoms with van der Waals surface area (Å²) in [5.74, 6) is 0.871. The van der Waals surface area contributed by atoms with E-state index in [0.717, 1.165) is 5.56 Å². The minimum atomic E-state index is -0.445. The normalized spacial score (nSPS) is 13.0. The van der Waals surface area contributed by atoms with Crippen molar-refractivity contribution in [2.45, 2.75) is 30.3 Å². The first kappa shape index (κ1) is 23.6. The van der Waals surface area contributed by atoms with Gasteiger partial charge in [-0.3, -0.25) is 14.0 Å². The van der Waals surface area contributed by atoms with E-state index < -0.39 is 5.25 Å². The summed E-state index contributed by atoms with van der Waals surface area (Å²) in [7, 11) is 1.58. The number of nitrogens with one attached hydrogen (secondary N) is 1. The van der Waals surface area contributed by atoms with Crippen molar-refractivity contribution in [2.24, 2.45) is 0 Å². The molecule has 5 aromatic rings. The number of para-hydroxylation sites is 1. The lowest BCUT2D eigenvalue weighted by atomic mass is 10.1. The molecule has 2 unspecified atom stereocenters. The van der Waals surface area contributed by atoms with Crippen LogP contribution in [-0.4, -0.2) is 37.4 Å². The second-order valence-electron chi connectivity index (χ2n) is 8.38. The molecular formula is C27H25N5O3S. The molecule has 1 amide bonds. The van der Waals surface area contributed by atoms with E-state index in [-0.39, 0.29) is 17.5 Å². The van der Waals surface area contributed by atoms with Crippen LogP contribution in [0.5, 0.6) is 5.75 Å². The molecule has 2 atom stereocenters. The quantitative estimate of drug-likeness (QED) is 0.334. The molecule has 36 heavy (non-hydrogen) atoms. The van der Waals surface area contributed by atoms with Crippen molar-refractivity contribution in [3.05, 3.63) is 94.8 Å². The second kappa shape index (κ2) is 9.87. The molecule has 0 aliphatic rings. The summed E-state index contributed by atoms with van der Waals surface area (Å²) in [5, 5.41) is 12.4. The third-order valence-corrected chi connectivity index (χ3v) is 7.06. The van der Waals surface area contributed by atoms with E-state index in [0.29, 0.717) is 33.3 Å². The average Bonchev–Trinajstić information content (AvgIpc) is 3.32. The summed E-state index contributed by atoms with van der Waals surface area (Å²) in [5.41, 5.74) is 2.11. The van der Waals surface area contributed by atoms with Crippen LogP contribution in [0.25, 0.3) is 22.4 Å². The molecule has 3 aromatic carbocycles. The van der Waals surface area contributed by atoms with Crippen molar-refractivity contribution < 1.29 is 9.53 Å². The van der Waals surface area contributed by atoms with Crippen molar-refractivity contribution in [2.75, 3.05) is 7.11 Å². The van der Waals surface area contributed by atoms with Crippen LogP contribution in [0.3, 0.4) is 0 Å². The smallest absolute Gasteiger partial charge is 0.267 e. The molecule has 1 N–H and O–H groups in total. The molecule has 0 aliphatic heterocycles.